The molecule has 118 valence electrons. The summed E-state index contributed by atoms with van der Waals surface area (Å²) in [5.41, 5.74) is 2.72. The average Bonchev–Trinajstić information content (AvgIpc) is 3.44. The molecule has 1 aliphatic rings. The van der Waals surface area contributed by atoms with Crippen molar-refractivity contribution >= 4 is 12.1 Å². The average molecular weight is 308 g/mol. The van der Waals surface area contributed by atoms with Gasteiger partial charge in [-0.1, -0.05) is 47.6 Å². The Labute approximate surface area is 136 Å². The van der Waals surface area contributed by atoms with Crippen molar-refractivity contribution in [3.8, 4) is 0 Å². The smallest absolute Gasteiger partial charge is 0.251 e. The third-order valence-corrected chi connectivity index (χ3v) is 4.02. The number of nitrogens with one attached hydrogen (secondary N) is 1. The minimum absolute atomic E-state index is 0.0408. The SMILES string of the molecule is CO/N=C/c1ccc(C(=O)NC(c2ccccc2)C2CC2)cc1. The van der Waals surface area contributed by atoms with Crippen LogP contribution in [-0.2, 0) is 4.84 Å². The molecule has 4 heteroatoms. The minimum atomic E-state index is -0.0408. The highest BCUT2D eigenvalue weighted by Crippen LogP contribution is 2.41. The van der Waals surface area contributed by atoms with Crippen molar-refractivity contribution < 1.29 is 9.63 Å². The molecule has 1 N–H and O–H groups in total. The summed E-state index contributed by atoms with van der Waals surface area (Å²) in [6, 6.07) is 17.6. The Morgan fingerprint density at radius 3 is 2.48 bits per heavy atom. The molecule has 0 aromatic heterocycles. The van der Waals surface area contributed by atoms with Gasteiger partial charge < -0.3 is 10.2 Å². The van der Waals surface area contributed by atoms with Gasteiger partial charge in [-0.15, -0.1) is 0 Å². The van der Waals surface area contributed by atoms with E-state index in [1.165, 1.54) is 25.5 Å². The van der Waals surface area contributed by atoms with Crippen molar-refractivity contribution in [2.75, 3.05) is 7.11 Å². The zero-order valence-electron chi connectivity index (χ0n) is 13.1. The standard InChI is InChI=1S/C19H20N2O2/c1-23-20-13-14-7-9-17(10-8-14)19(22)21-18(16-11-12-16)15-5-3-2-4-6-15/h2-10,13,16,18H,11-12H2,1H3,(H,21,22)/b20-13+. The Morgan fingerprint density at radius 1 is 1.17 bits per heavy atom. The zero-order chi connectivity index (χ0) is 16.1. The van der Waals surface area contributed by atoms with Crippen molar-refractivity contribution in [2.24, 2.45) is 11.1 Å². The molecular weight excluding hydrogens is 288 g/mol. The molecular formula is C19H20N2O2. The van der Waals surface area contributed by atoms with Crippen LogP contribution in [0.2, 0.25) is 0 Å². The first-order valence-electron chi connectivity index (χ1n) is 7.80. The fourth-order valence-corrected chi connectivity index (χ4v) is 2.62. The first-order chi connectivity index (χ1) is 11.3. The number of carbonyl (C=O) groups is 1. The summed E-state index contributed by atoms with van der Waals surface area (Å²) in [7, 11) is 1.50. The van der Waals surface area contributed by atoms with Gasteiger partial charge in [-0.2, -0.15) is 0 Å². The van der Waals surface area contributed by atoms with E-state index in [1.54, 1.807) is 18.3 Å². The summed E-state index contributed by atoms with van der Waals surface area (Å²) in [5.74, 6) is 0.510. The Bertz CT molecular complexity index is 676. The van der Waals surface area contributed by atoms with Crippen LogP contribution in [0.5, 0.6) is 0 Å². The second-order valence-electron chi connectivity index (χ2n) is 5.74. The van der Waals surface area contributed by atoms with Crippen LogP contribution in [0.4, 0.5) is 0 Å². The molecule has 2 aromatic carbocycles. The number of benzene rings is 2. The van der Waals surface area contributed by atoms with Crippen LogP contribution in [-0.4, -0.2) is 19.2 Å². The molecule has 1 fully saturated rings. The Kier molecular flexibility index (Phi) is 4.71. The van der Waals surface area contributed by atoms with Gasteiger partial charge in [0, 0.05) is 5.56 Å². The van der Waals surface area contributed by atoms with Crippen LogP contribution in [0.1, 0.15) is 40.4 Å². The van der Waals surface area contributed by atoms with Gasteiger partial charge in [-0.3, -0.25) is 4.79 Å². The second kappa shape index (κ2) is 7.09. The van der Waals surface area contributed by atoms with Crippen molar-refractivity contribution in [2.45, 2.75) is 18.9 Å². The van der Waals surface area contributed by atoms with Gasteiger partial charge in [-0.05, 0) is 42.0 Å². The fourth-order valence-electron chi connectivity index (χ4n) is 2.62. The zero-order valence-corrected chi connectivity index (χ0v) is 13.1. The van der Waals surface area contributed by atoms with E-state index in [9.17, 15) is 4.79 Å². The second-order valence-corrected chi connectivity index (χ2v) is 5.74. The Morgan fingerprint density at radius 2 is 1.87 bits per heavy atom. The molecule has 0 radical (unpaired) electrons. The lowest BCUT2D eigenvalue weighted by Gasteiger charge is -2.19. The van der Waals surface area contributed by atoms with Crippen molar-refractivity contribution in [1.82, 2.24) is 5.32 Å². The molecule has 1 unspecified atom stereocenters. The van der Waals surface area contributed by atoms with Gasteiger partial charge in [0.2, 0.25) is 0 Å². The number of hydrogen-bond donors (Lipinski definition) is 1. The molecule has 0 bridgehead atoms. The van der Waals surface area contributed by atoms with Crippen LogP contribution in [0.25, 0.3) is 0 Å². The summed E-state index contributed by atoms with van der Waals surface area (Å²) in [4.78, 5) is 17.2. The van der Waals surface area contributed by atoms with E-state index >= 15 is 0 Å². The van der Waals surface area contributed by atoms with Gasteiger partial charge in [-0.25, -0.2) is 0 Å². The molecule has 1 amide bonds. The fraction of sp³-hybridized carbons (Fsp3) is 0.263. The van der Waals surface area contributed by atoms with Crippen LogP contribution >= 0.6 is 0 Å². The number of rotatable bonds is 6. The first kappa shape index (κ1) is 15.3. The number of amides is 1. The number of hydrogen-bond acceptors (Lipinski definition) is 3. The predicted octanol–water partition coefficient (Wildman–Crippen LogP) is 3.55. The van der Waals surface area contributed by atoms with Gasteiger partial charge >= 0.3 is 0 Å². The molecule has 4 nitrogen and oxygen atoms in total. The van der Waals surface area contributed by atoms with Gasteiger partial charge in [0.1, 0.15) is 7.11 Å². The maximum absolute atomic E-state index is 12.5. The lowest BCUT2D eigenvalue weighted by molar-refractivity contribution is 0.0931. The summed E-state index contributed by atoms with van der Waals surface area (Å²) in [5, 5.41) is 6.89. The van der Waals surface area contributed by atoms with E-state index in [2.05, 4.69) is 27.4 Å². The van der Waals surface area contributed by atoms with Crippen LogP contribution in [0.3, 0.4) is 0 Å². The molecule has 1 atom stereocenters. The molecule has 23 heavy (non-hydrogen) atoms. The quantitative estimate of drug-likeness (QED) is 0.655. The lowest BCUT2D eigenvalue weighted by Crippen LogP contribution is -2.29. The highest BCUT2D eigenvalue weighted by molar-refractivity contribution is 5.95. The highest BCUT2D eigenvalue weighted by atomic mass is 16.6. The maximum atomic E-state index is 12.5. The highest BCUT2D eigenvalue weighted by Gasteiger charge is 2.33. The van der Waals surface area contributed by atoms with E-state index in [0.29, 0.717) is 11.5 Å². The van der Waals surface area contributed by atoms with Gasteiger partial charge in [0.25, 0.3) is 5.91 Å². The maximum Gasteiger partial charge on any atom is 0.251 e. The monoisotopic (exact) mass is 308 g/mol. The predicted molar refractivity (Wildman–Crippen MR) is 90.4 cm³/mol. The number of nitrogens with zero attached hydrogens (tertiary/aromatic N) is 1. The van der Waals surface area contributed by atoms with Crippen LogP contribution < -0.4 is 5.32 Å². The summed E-state index contributed by atoms with van der Waals surface area (Å²) < 4.78 is 0. The lowest BCUT2D eigenvalue weighted by atomic mass is 10.0. The number of oxime groups is 1. The largest absolute Gasteiger partial charge is 0.399 e. The van der Waals surface area contributed by atoms with Crippen molar-refractivity contribution in [3.05, 3.63) is 71.3 Å². The molecule has 0 aliphatic heterocycles. The van der Waals surface area contributed by atoms with Gasteiger partial charge in [0.05, 0.1) is 12.3 Å². The summed E-state index contributed by atoms with van der Waals surface area (Å²) in [6.45, 7) is 0. The minimum Gasteiger partial charge on any atom is -0.399 e. The van der Waals surface area contributed by atoms with E-state index < -0.39 is 0 Å². The normalized spacial score (nSPS) is 15.3. The third-order valence-electron chi connectivity index (χ3n) is 4.02. The van der Waals surface area contributed by atoms with Gasteiger partial charge in [0.15, 0.2) is 0 Å². The van der Waals surface area contributed by atoms with E-state index in [1.807, 2.05) is 30.3 Å². The summed E-state index contributed by atoms with van der Waals surface area (Å²) >= 11 is 0. The number of carbonyl (C=O) groups excluding carboxylic acids is 1. The molecule has 0 spiro atoms. The van der Waals surface area contributed by atoms with Crippen molar-refractivity contribution in [1.29, 1.82) is 0 Å². The van der Waals surface area contributed by atoms with Crippen LogP contribution in [0, 0.1) is 5.92 Å². The summed E-state index contributed by atoms with van der Waals surface area (Å²) in [6.07, 6.45) is 3.96. The van der Waals surface area contributed by atoms with E-state index in [-0.39, 0.29) is 11.9 Å². The Hall–Kier alpha value is -2.62. The third kappa shape index (κ3) is 3.97. The topological polar surface area (TPSA) is 50.7 Å². The van der Waals surface area contributed by atoms with E-state index in [4.69, 9.17) is 0 Å². The van der Waals surface area contributed by atoms with Crippen molar-refractivity contribution in [3.63, 3.8) is 0 Å². The molecule has 2 aromatic rings. The Balaban J connectivity index is 1.71. The van der Waals surface area contributed by atoms with Crippen LogP contribution in [0.15, 0.2) is 59.8 Å². The molecule has 3 rings (SSSR count). The molecule has 0 saturated heterocycles. The first-order valence-corrected chi connectivity index (χ1v) is 7.80. The molecule has 1 aliphatic carbocycles. The molecule has 0 heterocycles. The molecule has 1 saturated carbocycles. The van der Waals surface area contributed by atoms with E-state index in [0.717, 1.165) is 5.56 Å².